The second-order valence-corrected chi connectivity index (χ2v) is 11.2. The molecule has 1 amide bonds. The Morgan fingerprint density at radius 3 is 2.58 bits per heavy atom. The van der Waals surface area contributed by atoms with Gasteiger partial charge in [-0.15, -0.1) is 0 Å². The largest absolute Gasteiger partial charge is 0.315 e. The van der Waals surface area contributed by atoms with E-state index >= 15 is 0 Å². The van der Waals surface area contributed by atoms with E-state index in [9.17, 15) is 13.2 Å². The number of thioether (sulfide) groups is 1. The van der Waals surface area contributed by atoms with Crippen LogP contribution >= 0.6 is 27.7 Å². The average molecular weight is 459 g/mol. The quantitative estimate of drug-likeness (QED) is 0.684. The number of carbonyl (C=O) groups is 1. The lowest BCUT2D eigenvalue weighted by Crippen LogP contribution is -2.38. The normalized spacial score (nSPS) is 25.7. The zero-order valence-electron chi connectivity index (χ0n) is 15.2. The third-order valence-corrected chi connectivity index (χ3v) is 8.40. The summed E-state index contributed by atoms with van der Waals surface area (Å²) in [6, 6.07) is 3.86. The van der Waals surface area contributed by atoms with Gasteiger partial charge in [0.1, 0.15) is 0 Å². The number of amidine groups is 1. The predicted octanol–water partition coefficient (Wildman–Crippen LogP) is 3.86. The molecule has 0 spiro atoms. The highest BCUT2D eigenvalue weighted by molar-refractivity contribution is 9.10. The molecule has 5 nitrogen and oxygen atoms in total. The summed E-state index contributed by atoms with van der Waals surface area (Å²) in [5.74, 6) is 0.131. The highest BCUT2D eigenvalue weighted by Gasteiger charge is 2.49. The SMILES string of the molecule is CCCCC(=O)N=C1S[C@H]2CS(=O)(=O)C[C@H]2N1c1c(C)cc(Br)cc1C. The van der Waals surface area contributed by atoms with E-state index < -0.39 is 9.84 Å². The number of sulfone groups is 1. The van der Waals surface area contributed by atoms with Crippen molar-refractivity contribution in [2.45, 2.75) is 51.3 Å². The van der Waals surface area contributed by atoms with Gasteiger partial charge in [0.2, 0.25) is 5.91 Å². The molecule has 0 saturated carbocycles. The number of fused-ring (bicyclic) bond motifs is 1. The highest BCUT2D eigenvalue weighted by atomic mass is 79.9. The Bertz CT molecular complexity index is 844. The monoisotopic (exact) mass is 458 g/mol. The molecule has 142 valence electrons. The van der Waals surface area contributed by atoms with Crippen molar-refractivity contribution in [3.05, 3.63) is 27.7 Å². The van der Waals surface area contributed by atoms with Crippen molar-refractivity contribution in [2.24, 2.45) is 4.99 Å². The second-order valence-electron chi connectivity index (χ2n) is 6.95. The average Bonchev–Trinajstić information content (AvgIpc) is 2.97. The van der Waals surface area contributed by atoms with Crippen LogP contribution in [0.15, 0.2) is 21.6 Å². The van der Waals surface area contributed by atoms with Crippen LogP contribution in [0.5, 0.6) is 0 Å². The van der Waals surface area contributed by atoms with Crippen LogP contribution in [-0.4, -0.2) is 42.3 Å². The summed E-state index contributed by atoms with van der Waals surface area (Å²) in [5.41, 5.74) is 3.04. The number of aliphatic imine (C=N–C) groups is 1. The molecule has 0 N–H and O–H groups in total. The van der Waals surface area contributed by atoms with E-state index in [0.29, 0.717) is 11.6 Å². The fourth-order valence-electron chi connectivity index (χ4n) is 3.60. The summed E-state index contributed by atoms with van der Waals surface area (Å²) in [6.45, 7) is 6.05. The maximum Gasteiger partial charge on any atom is 0.248 e. The van der Waals surface area contributed by atoms with Gasteiger partial charge in [0, 0.05) is 21.8 Å². The van der Waals surface area contributed by atoms with Crippen molar-refractivity contribution in [3.63, 3.8) is 0 Å². The van der Waals surface area contributed by atoms with E-state index in [4.69, 9.17) is 0 Å². The maximum absolute atomic E-state index is 12.3. The number of carbonyl (C=O) groups excluding carboxylic acids is 1. The Hall–Kier alpha value is -0.860. The van der Waals surface area contributed by atoms with Gasteiger partial charge in [-0.3, -0.25) is 4.79 Å². The number of aryl methyl sites for hydroxylation is 2. The minimum absolute atomic E-state index is 0.0693. The van der Waals surface area contributed by atoms with Crippen LogP contribution in [0, 0.1) is 13.8 Å². The number of unbranched alkanes of at least 4 members (excludes halogenated alkanes) is 1. The van der Waals surface area contributed by atoms with Crippen molar-refractivity contribution < 1.29 is 13.2 Å². The van der Waals surface area contributed by atoms with Crippen LogP contribution in [0.1, 0.15) is 37.3 Å². The first-order valence-electron chi connectivity index (χ1n) is 8.76. The van der Waals surface area contributed by atoms with Crippen LogP contribution in [0.2, 0.25) is 0 Å². The van der Waals surface area contributed by atoms with Crippen LogP contribution in [0.25, 0.3) is 0 Å². The molecule has 0 aliphatic carbocycles. The van der Waals surface area contributed by atoms with Gasteiger partial charge in [0.15, 0.2) is 15.0 Å². The van der Waals surface area contributed by atoms with Crippen molar-refractivity contribution >= 4 is 54.3 Å². The topological polar surface area (TPSA) is 66.8 Å². The van der Waals surface area contributed by atoms with Crippen molar-refractivity contribution in [1.29, 1.82) is 0 Å². The number of nitrogens with zero attached hydrogens (tertiary/aromatic N) is 2. The predicted molar refractivity (Wildman–Crippen MR) is 112 cm³/mol. The van der Waals surface area contributed by atoms with Crippen molar-refractivity contribution in [3.8, 4) is 0 Å². The molecule has 8 heteroatoms. The summed E-state index contributed by atoms with van der Waals surface area (Å²) >= 11 is 4.94. The van der Waals surface area contributed by atoms with Gasteiger partial charge in [0.05, 0.1) is 17.5 Å². The van der Waals surface area contributed by atoms with E-state index in [1.807, 2.05) is 37.8 Å². The number of hydrogen-bond donors (Lipinski definition) is 0. The number of amides is 1. The van der Waals surface area contributed by atoms with E-state index in [1.54, 1.807) is 0 Å². The van der Waals surface area contributed by atoms with E-state index in [2.05, 4.69) is 20.9 Å². The number of hydrogen-bond acceptors (Lipinski definition) is 4. The lowest BCUT2D eigenvalue weighted by atomic mass is 10.1. The number of rotatable bonds is 4. The Labute approximate surface area is 167 Å². The molecule has 1 aromatic rings. The molecule has 2 aliphatic heterocycles. The van der Waals surface area contributed by atoms with Crippen molar-refractivity contribution in [1.82, 2.24) is 0 Å². The number of anilines is 1. The molecular weight excluding hydrogens is 436 g/mol. The summed E-state index contributed by atoms with van der Waals surface area (Å²) in [6.07, 6.45) is 2.19. The van der Waals surface area contributed by atoms with E-state index in [0.717, 1.165) is 34.1 Å². The third-order valence-electron chi connectivity index (χ3n) is 4.73. The first-order chi connectivity index (χ1) is 12.2. The fraction of sp³-hybridized carbons (Fsp3) is 0.556. The summed E-state index contributed by atoms with van der Waals surface area (Å²) in [4.78, 5) is 18.6. The first kappa shape index (κ1) is 19.9. The second kappa shape index (κ2) is 7.64. The minimum atomic E-state index is -3.06. The molecule has 2 saturated heterocycles. The van der Waals surface area contributed by atoms with Gasteiger partial charge in [-0.25, -0.2) is 8.42 Å². The molecule has 2 atom stereocenters. The molecule has 1 aromatic carbocycles. The molecule has 0 aromatic heterocycles. The van der Waals surface area contributed by atoms with Gasteiger partial charge in [-0.05, 0) is 43.5 Å². The van der Waals surface area contributed by atoms with E-state index in [1.165, 1.54) is 11.8 Å². The first-order valence-corrected chi connectivity index (χ1v) is 12.3. The van der Waals surface area contributed by atoms with Gasteiger partial charge in [-0.1, -0.05) is 41.0 Å². The van der Waals surface area contributed by atoms with Crippen molar-refractivity contribution in [2.75, 3.05) is 16.4 Å². The molecule has 2 aliphatic rings. The zero-order chi connectivity index (χ0) is 19.1. The van der Waals surface area contributed by atoms with Crippen LogP contribution in [0.4, 0.5) is 5.69 Å². The molecular formula is C18H23BrN2O3S2. The molecule has 26 heavy (non-hydrogen) atoms. The maximum atomic E-state index is 12.3. The zero-order valence-corrected chi connectivity index (χ0v) is 18.4. The molecule has 0 bridgehead atoms. The number of benzene rings is 1. The summed E-state index contributed by atoms with van der Waals surface area (Å²) < 4.78 is 25.3. The lowest BCUT2D eigenvalue weighted by Gasteiger charge is -2.28. The Balaban J connectivity index is 2.04. The van der Waals surface area contributed by atoms with E-state index in [-0.39, 0.29) is 28.7 Å². The third kappa shape index (κ3) is 4.02. The smallest absolute Gasteiger partial charge is 0.248 e. The van der Waals surface area contributed by atoms with Gasteiger partial charge < -0.3 is 4.90 Å². The Kier molecular flexibility index (Phi) is 5.84. The Morgan fingerprint density at radius 1 is 1.31 bits per heavy atom. The fourth-order valence-corrected chi connectivity index (χ4v) is 8.20. The van der Waals surface area contributed by atoms with Crippen LogP contribution in [0.3, 0.4) is 0 Å². The standard InChI is InChI=1S/C18H23BrN2O3S2/c1-4-5-6-16(22)20-18-21(14-9-26(23,24)10-15(14)25-18)17-11(2)7-13(19)8-12(17)3/h7-8,14-15H,4-6,9-10H2,1-3H3/t14-,15+/m1/s1. The highest BCUT2D eigenvalue weighted by Crippen LogP contribution is 2.43. The minimum Gasteiger partial charge on any atom is -0.315 e. The lowest BCUT2D eigenvalue weighted by molar-refractivity contribution is -0.117. The molecule has 2 heterocycles. The van der Waals surface area contributed by atoms with Crippen LogP contribution in [-0.2, 0) is 14.6 Å². The molecule has 3 rings (SSSR count). The molecule has 0 unspecified atom stereocenters. The van der Waals surface area contributed by atoms with Gasteiger partial charge in [0.25, 0.3) is 0 Å². The Morgan fingerprint density at radius 2 is 1.96 bits per heavy atom. The summed E-state index contributed by atoms with van der Waals surface area (Å²) in [7, 11) is -3.06. The molecule has 0 radical (unpaired) electrons. The van der Waals surface area contributed by atoms with Crippen LogP contribution < -0.4 is 4.90 Å². The summed E-state index contributed by atoms with van der Waals surface area (Å²) in [5, 5.41) is 0.574. The van der Waals surface area contributed by atoms with Gasteiger partial charge >= 0.3 is 0 Å². The number of halogens is 1. The van der Waals surface area contributed by atoms with Gasteiger partial charge in [-0.2, -0.15) is 4.99 Å². The molecule has 2 fully saturated rings.